The van der Waals surface area contributed by atoms with E-state index in [0.29, 0.717) is 12.3 Å². The Bertz CT molecular complexity index is 506. The Hall–Kier alpha value is -1.46. The van der Waals surface area contributed by atoms with Gasteiger partial charge in [-0.15, -0.1) is 0 Å². The number of piperidine rings is 1. The van der Waals surface area contributed by atoms with Crippen LogP contribution in [0, 0.1) is 11.7 Å². The molecule has 3 rings (SSSR count). The number of nitrogens with one attached hydrogen (secondary N) is 1. The van der Waals surface area contributed by atoms with Crippen molar-refractivity contribution in [3.05, 3.63) is 35.6 Å². The third-order valence-corrected chi connectivity index (χ3v) is 4.77. The maximum atomic E-state index is 12.9. The third-order valence-electron chi connectivity index (χ3n) is 4.77. The second-order valence-corrected chi connectivity index (χ2v) is 6.68. The molecule has 0 spiro atoms. The molecule has 2 heterocycles. The number of amides is 1. The van der Waals surface area contributed by atoms with Gasteiger partial charge in [0.1, 0.15) is 5.82 Å². The zero-order chi connectivity index (χ0) is 16.1. The summed E-state index contributed by atoms with van der Waals surface area (Å²) in [4.78, 5) is 14.4. The Kier molecular flexibility index (Phi) is 5.62. The van der Waals surface area contributed by atoms with E-state index in [4.69, 9.17) is 4.74 Å². The number of likely N-dealkylation sites (tertiary alicyclic amines) is 1. The molecular formula is C18H25FN2O2. The third kappa shape index (κ3) is 5.01. The molecule has 1 amide bonds. The van der Waals surface area contributed by atoms with Gasteiger partial charge in [-0.05, 0) is 42.9 Å². The summed E-state index contributed by atoms with van der Waals surface area (Å²) < 4.78 is 18.2. The summed E-state index contributed by atoms with van der Waals surface area (Å²) in [6.07, 6.45) is 3.56. The fourth-order valence-corrected chi connectivity index (χ4v) is 3.38. The van der Waals surface area contributed by atoms with E-state index in [1.807, 2.05) is 12.1 Å². The quantitative estimate of drug-likeness (QED) is 0.905. The van der Waals surface area contributed by atoms with Crippen molar-refractivity contribution in [2.75, 3.05) is 26.3 Å². The van der Waals surface area contributed by atoms with Gasteiger partial charge in [-0.2, -0.15) is 0 Å². The first-order valence-corrected chi connectivity index (χ1v) is 8.53. The highest BCUT2D eigenvalue weighted by atomic mass is 19.1. The van der Waals surface area contributed by atoms with Crippen LogP contribution in [0.15, 0.2) is 24.3 Å². The molecule has 1 atom stereocenters. The van der Waals surface area contributed by atoms with Crippen LogP contribution in [0.25, 0.3) is 0 Å². The van der Waals surface area contributed by atoms with Gasteiger partial charge in [-0.1, -0.05) is 12.1 Å². The summed E-state index contributed by atoms with van der Waals surface area (Å²) >= 11 is 0. The molecule has 1 N–H and O–H groups in total. The minimum Gasteiger partial charge on any atom is -0.381 e. The summed E-state index contributed by atoms with van der Waals surface area (Å²) in [6, 6.07) is 6.98. The van der Waals surface area contributed by atoms with Gasteiger partial charge in [0, 0.05) is 45.3 Å². The van der Waals surface area contributed by atoms with Crippen LogP contribution >= 0.6 is 0 Å². The largest absolute Gasteiger partial charge is 0.381 e. The lowest BCUT2D eigenvalue weighted by atomic mass is 10.0. The second kappa shape index (κ2) is 7.88. The number of hydrogen-bond donors (Lipinski definition) is 1. The first kappa shape index (κ1) is 16.4. The molecule has 1 aromatic carbocycles. The lowest BCUT2D eigenvalue weighted by Crippen LogP contribution is -2.44. The number of rotatable bonds is 5. The predicted molar refractivity (Wildman–Crippen MR) is 86.4 cm³/mol. The molecule has 0 aromatic heterocycles. The first-order valence-electron chi connectivity index (χ1n) is 8.53. The van der Waals surface area contributed by atoms with Gasteiger partial charge in [0.25, 0.3) is 0 Å². The molecule has 0 saturated carbocycles. The molecular weight excluding hydrogens is 295 g/mol. The van der Waals surface area contributed by atoms with Crippen LogP contribution in [0.4, 0.5) is 4.39 Å². The number of ether oxygens (including phenoxy) is 1. The van der Waals surface area contributed by atoms with E-state index in [1.165, 1.54) is 12.1 Å². The molecule has 2 aliphatic heterocycles. The smallest absolute Gasteiger partial charge is 0.220 e. The Morgan fingerprint density at radius 2 is 1.96 bits per heavy atom. The minimum atomic E-state index is -0.192. The van der Waals surface area contributed by atoms with Crippen LogP contribution in [0.2, 0.25) is 0 Å². The Balaban J connectivity index is 1.37. The van der Waals surface area contributed by atoms with Crippen molar-refractivity contribution in [1.82, 2.24) is 10.2 Å². The van der Waals surface area contributed by atoms with E-state index in [1.54, 1.807) is 0 Å². The first-order chi connectivity index (χ1) is 11.2. The van der Waals surface area contributed by atoms with E-state index in [0.717, 1.165) is 57.7 Å². The summed E-state index contributed by atoms with van der Waals surface area (Å²) in [6.45, 7) is 4.30. The lowest BCUT2D eigenvalue weighted by molar-refractivity contribution is -0.123. The molecule has 126 valence electrons. The van der Waals surface area contributed by atoms with Gasteiger partial charge in [0.2, 0.25) is 5.91 Å². The van der Waals surface area contributed by atoms with Crippen molar-refractivity contribution in [1.29, 1.82) is 0 Å². The zero-order valence-corrected chi connectivity index (χ0v) is 13.5. The van der Waals surface area contributed by atoms with Crippen molar-refractivity contribution in [2.45, 2.75) is 38.3 Å². The zero-order valence-electron chi connectivity index (χ0n) is 13.5. The van der Waals surface area contributed by atoms with Crippen molar-refractivity contribution >= 4 is 5.91 Å². The Morgan fingerprint density at radius 3 is 2.61 bits per heavy atom. The summed E-state index contributed by atoms with van der Waals surface area (Å²) in [5, 5.41) is 3.17. The van der Waals surface area contributed by atoms with Crippen LogP contribution in [0.3, 0.4) is 0 Å². The predicted octanol–water partition coefficient (Wildman–Crippen LogP) is 2.33. The molecule has 2 fully saturated rings. The second-order valence-electron chi connectivity index (χ2n) is 6.68. The Morgan fingerprint density at radius 1 is 1.22 bits per heavy atom. The fourth-order valence-electron chi connectivity index (χ4n) is 3.38. The highest BCUT2D eigenvalue weighted by Gasteiger charge is 2.23. The van der Waals surface area contributed by atoms with Crippen LogP contribution < -0.4 is 5.32 Å². The summed E-state index contributed by atoms with van der Waals surface area (Å²) in [5.74, 6) is 0.369. The highest BCUT2D eigenvalue weighted by molar-refractivity contribution is 5.76. The maximum absolute atomic E-state index is 12.9. The molecule has 1 aromatic rings. The monoisotopic (exact) mass is 320 g/mol. The van der Waals surface area contributed by atoms with E-state index < -0.39 is 0 Å². The molecule has 0 aliphatic carbocycles. The number of nitrogens with zero attached hydrogens (tertiary/aromatic N) is 1. The van der Waals surface area contributed by atoms with Crippen LogP contribution in [0.5, 0.6) is 0 Å². The van der Waals surface area contributed by atoms with E-state index in [2.05, 4.69) is 10.2 Å². The number of carbonyl (C=O) groups is 1. The fraction of sp³-hybridized carbons (Fsp3) is 0.611. The number of halogens is 1. The lowest BCUT2D eigenvalue weighted by Gasteiger charge is -2.32. The molecule has 2 saturated heterocycles. The molecule has 0 radical (unpaired) electrons. The van der Waals surface area contributed by atoms with E-state index >= 15 is 0 Å². The van der Waals surface area contributed by atoms with Crippen molar-refractivity contribution in [3.8, 4) is 0 Å². The van der Waals surface area contributed by atoms with Crippen molar-refractivity contribution in [2.24, 2.45) is 5.92 Å². The van der Waals surface area contributed by atoms with E-state index in [9.17, 15) is 9.18 Å². The van der Waals surface area contributed by atoms with Gasteiger partial charge in [0.15, 0.2) is 0 Å². The van der Waals surface area contributed by atoms with Gasteiger partial charge in [-0.3, -0.25) is 9.69 Å². The Labute approximate surface area is 137 Å². The van der Waals surface area contributed by atoms with Gasteiger partial charge in [-0.25, -0.2) is 4.39 Å². The summed E-state index contributed by atoms with van der Waals surface area (Å²) in [7, 11) is 0. The normalized spacial score (nSPS) is 23.1. The number of hydrogen-bond acceptors (Lipinski definition) is 3. The average molecular weight is 320 g/mol. The van der Waals surface area contributed by atoms with Crippen LogP contribution in [0.1, 0.15) is 31.2 Å². The molecule has 1 unspecified atom stereocenters. The van der Waals surface area contributed by atoms with Gasteiger partial charge in [0.05, 0.1) is 0 Å². The molecule has 0 bridgehead atoms. The molecule has 2 aliphatic rings. The summed E-state index contributed by atoms with van der Waals surface area (Å²) in [5.41, 5.74) is 1.13. The topological polar surface area (TPSA) is 41.6 Å². The average Bonchev–Trinajstić information content (AvgIpc) is 3.04. The molecule has 5 heteroatoms. The van der Waals surface area contributed by atoms with Crippen molar-refractivity contribution < 1.29 is 13.9 Å². The molecule has 23 heavy (non-hydrogen) atoms. The van der Waals surface area contributed by atoms with Gasteiger partial charge < -0.3 is 10.1 Å². The SMILES string of the molecule is O=C(CC1CCOC1)NC1CCN(Cc2ccc(F)cc2)CC1. The van der Waals surface area contributed by atoms with Gasteiger partial charge >= 0.3 is 0 Å². The number of benzene rings is 1. The maximum Gasteiger partial charge on any atom is 0.220 e. The van der Waals surface area contributed by atoms with Crippen LogP contribution in [-0.2, 0) is 16.1 Å². The van der Waals surface area contributed by atoms with E-state index in [-0.39, 0.29) is 17.8 Å². The van der Waals surface area contributed by atoms with Crippen LogP contribution in [-0.4, -0.2) is 43.2 Å². The number of carbonyl (C=O) groups excluding carboxylic acids is 1. The minimum absolute atomic E-state index is 0.164. The molecule has 4 nitrogen and oxygen atoms in total. The standard InChI is InChI=1S/C18H25FN2O2/c19-16-3-1-14(2-4-16)12-21-8-5-17(6-9-21)20-18(22)11-15-7-10-23-13-15/h1-4,15,17H,5-13H2,(H,20,22). The van der Waals surface area contributed by atoms with Crippen molar-refractivity contribution in [3.63, 3.8) is 0 Å². The highest BCUT2D eigenvalue weighted by Crippen LogP contribution is 2.18.